The van der Waals surface area contributed by atoms with E-state index in [1.807, 2.05) is 19.1 Å². The van der Waals surface area contributed by atoms with Crippen molar-refractivity contribution in [1.82, 2.24) is 4.90 Å². The molecule has 0 spiro atoms. The third-order valence-electron chi connectivity index (χ3n) is 4.26. The number of aryl methyl sites for hydroxylation is 1. The van der Waals surface area contributed by atoms with Gasteiger partial charge in [-0.2, -0.15) is 0 Å². The molecule has 0 atom stereocenters. The minimum atomic E-state index is -0.523. The highest BCUT2D eigenvalue weighted by molar-refractivity contribution is 8.18. The normalized spacial score (nSPS) is 14.9. The number of hydrogen-bond acceptors (Lipinski definition) is 6. The molecule has 0 bridgehead atoms. The Morgan fingerprint density at radius 1 is 1.07 bits per heavy atom. The highest BCUT2D eigenvalue weighted by atomic mass is 32.2. The molecule has 1 aliphatic rings. The van der Waals surface area contributed by atoms with Crippen LogP contribution in [0.4, 0.5) is 10.5 Å². The molecule has 7 nitrogen and oxygen atoms in total. The van der Waals surface area contributed by atoms with Crippen molar-refractivity contribution in [3.63, 3.8) is 0 Å². The van der Waals surface area contributed by atoms with Gasteiger partial charge in [-0.1, -0.05) is 31.2 Å². The van der Waals surface area contributed by atoms with Crippen LogP contribution in [0.15, 0.2) is 53.4 Å². The van der Waals surface area contributed by atoms with Gasteiger partial charge in [0, 0.05) is 12.6 Å². The topological polar surface area (TPSA) is 92.8 Å². The molecule has 0 radical (unpaired) electrons. The summed E-state index contributed by atoms with van der Waals surface area (Å²) in [7, 11) is 0. The molecule has 8 heteroatoms. The number of nitrogens with zero attached hydrogens (tertiary/aromatic N) is 1. The molecule has 1 aliphatic heterocycles. The number of hydrogen-bond donors (Lipinski definition) is 1. The molecular weight excluding hydrogens is 404 g/mol. The van der Waals surface area contributed by atoms with Crippen LogP contribution in [0.25, 0.3) is 6.08 Å². The maximum absolute atomic E-state index is 12.6. The molecule has 0 unspecified atom stereocenters. The van der Waals surface area contributed by atoms with Crippen LogP contribution in [-0.4, -0.2) is 34.5 Å². The van der Waals surface area contributed by atoms with Gasteiger partial charge in [-0.3, -0.25) is 24.1 Å². The van der Waals surface area contributed by atoms with Gasteiger partial charge in [0.25, 0.3) is 11.1 Å². The number of thioether (sulfide) groups is 1. The second kappa shape index (κ2) is 9.41. The highest BCUT2D eigenvalue weighted by Gasteiger charge is 2.36. The van der Waals surface area contributed by atoms with Crippen molar-refractivity contribution in [2.24, 2.45) is 0 Å². The van der Waals surface area contributed by atoms with E-state index in [-0.39, 0.29) is 11.4 Å². The second-order valence-corrected chi connectivity index (χ2v) is 7.52. The van der Waals surface area contributed by atoms with E-state index in [0.717, 1.165) is 28.6 Å². The average Bonchev–Trinajstić information content (AvgIpc) is 2.97. The van der Waals surface area contributed by atoms with E-state index in [1.54, 1.807) is 42.5 Å². The van der Waals surface area contributed by atoms with Crippen LogP contribution in [0, 0.1) is 0 Å². The van der Waals surface area contributed by atoms with E-state index in [0.29, 0.717) is 17.0 Å². The van der Waals surface area contributed by atoms with Crippen molar-refractivity contribution in [3.05, 3.63) is 64.6 Å². The van der Waals surface area contributed by atoms with Gasteiger partial charge in [-0.05, 0) is 59.7 Å². The van der Waals surface area contributed by atoms with E-state index in [4.69, 9.17) is 4.74 Å². The van der Waals surface area contributed by atoms with Crippen molar-refractivity contribution < 1.29 is 23.9 Å². The van der Waals surface area contributed by atoms with Crippen LogP contribution in [0.1, 0.15) is 25.0 Å². The molecule has 0 saturated carbocycles. The largest absolute Gasteiger partial charge is 0.427 e. The molecule has 2 aromatic rings. The number of imide groups is 1. The fourth-order valence-corrected chi connectivity index (χ4v) is 3.59. The van der Waals surface area contributed by atoms with Crippen LogP contribution >= 0.6 is 11.8 Å². The van der Waals surface area contributed by atoms with Crippen molar-refractivity contribution in [1.29, 1.82) is 0 Å². The number of nitrogens with one attached hydrogen (secondary N) is 1. The highest BCUT2D eigenvalue weighted by Crippen LogP contribution is 2.32. The Balaban J connectivity index is 1.64. The standard InChI is InChI=1S/C22H20N2O5S/c1-3-15-4-8-17(9-5-15)23-20(26)13-24-21(27)19(30-22(24)28)12-16-6-10-18(11-7-16)29-14(2)25/h4-12H,3,13H2,1-2H3,(H,23,26)/b19-12+. The molecule has 0 aliphatic carbocycles. The Morgan fingerprint density at radius 3 is 2.33 bits per heavy atom. The fourth-order valence-electron chi connectivity index (χ4n) is 2.75. The fraction of sp³-hybridized carbons (Fsp3) is 0.182. The molecule has 1 saturated heterocycles. The van der Waals surface area contributed by atoms with Crippen LogP contribution in [-0.2, 0) is 20.8 Å². The number of amides is 3. The van der Waals surface area contributed by atoms with Crippen LogP contribution in [0.5, 0.6) is 5.75 Å². The third kappa shape index (κ3) is 5.36. The molecule has 2 aromatic carbocycles. The first-order chi connectivity index (χ1) is 14.4. The monoisotopic (exact) mass is 424 g/mol. The van der Waals surface area contributed by atoms with Crippen molar-refractivity contribution >= 4 is 46.5 Å². The first kappa shape index (κ1) is 21.3. The zero-order valence-corrected chi connectivity index (χ0v) is 17.3. The predicted molar refractivity (Wildman–Crippen MR) is 115 cm³/mol. The van der Waals surface area contributed by atoms with Gasteiger partial charge < -0.3 is 10.1 Å². The van der Waals surface area contributed by atoms with Gasteiger partial charge in [0.05, 0.1) is 4.91 Å². The summed E-state index contributed by atoms with van der Waals surface area (Å²) in [5.74, 6) is -1.01. The number of ether oxygens (including phenoxy) is 1. The zero-order valence-electron chi connectivity index (χ0n) is 16.5. The van der Waals surface area contributed by atoms with E-state index in [9.17, 15) is 19.2 Å². The summed E-state index contributed by atoms with van der Waals surface area (Å²) in [6.07, 6.45) is 2.45. The smallest absolute Gasteiger partial charge is 0.308 e. The van der Waals surface area contributed by atoms with E-state index in [1.165, 1.54) is 6.92 Å². The van der Waals surface area contributed by atoms with Crippen molar-refractivity contribution in [2.75, 3.05) is 11.9 Å². The third-order valence-corrected chi connectivity index (χ3v) is 5.17. The number of rotatable bonds is 6. The van der Waals surface area contributed by atoms with Gasteiger partial charge >= 0.3 is 5.97 Å². The minimum absolute atomic E-state index is 0.223. The minimum Gasteiger partial charge on any atom is -0.427 e. The van der Waals surface area contributed by atoms with Gasteiger partial charge in [0.15, 0.2) is 0 Å². The lowest BCUT2D eigenvalue weighted by Crippen LogP contribution is -2.36. The van der Waals surface area contributed by atoms with E-state index < -0.39 is 23.0 Å². The Kier molecular flexibility index (Phi) is 6.68. The molecule has 3 rings (SSSR count). The lowest BCUT2D eigenvalue weighted by atomic mass is 10.1. The summed E-state index contributed by atoms with van der Waals surface area (Å²) in [5, 5.41) is 2.19. The Bertz CT molecular complexity index is 1010. The van der Waals surface area contributed by atoms with Crippen molar-refractivity contribution in [3.8, 4) is 5.75 Å². The van der Waals surface area contributed by atoms with Crippen LogP contribution in [0.2, 0.25) is 0 Å². The second-order valence-electron chi connectivity index (χ2n) is 6.53. The molecule has 1 heterocycles. The molecule has 3 amide bonds. The molecule has 1 N–H and O–H groups in total. The van der Waals surface area contributed by atoms with Gasteiger partial charge in [0.1, 0.15) is 12.3 Å². The molecule has 0 aromatic heterocycles. The van der Waals surface area contributed by atoms with Gasteiger partial charge in [0.2, 0.25) is 5.91 Å². The predicted octanol–water partition coefficient (Wildman–Crippen LogP) is 3.85. The van der Waals surface area contributed by atoms with E-state index >= 15 is 0 Å². The summed E-state index contributed by atoms with van der Waals surface area (Å²) in [5.41, 5.74) is 2.41. The first-order valence-electron chi connectivity index (χ1n) is 9.28. The lowest BCUT2D eigenvalue weighted by Gasteiger charge is -2.12. The Hall–Kier alpha value is -3.39. The summed E-state index contributed by atoms with van der Waals surface area (Å²) in [6.45, 7) is 2.98. The van der Waals surface area contributed by atoms with E-state index in [2.05, 4.69) is 5.32 Å². The Labute approximate surface area is 178 Å². The number of esters is 1. The summed E-state index contributed by atoms with van der Waals surface area (Å²) in [4.78, 5) is 49.2. The summed E-state index contributed by atoms with van der Waals surface area (Å²) < 4.78 is 4.96. The van der Waals surface area contributed by atoms with Gasteiger partial charge in [-0.25, -0.2) is 0 Å². The SMILES string of the molecule is CCc1ccc(NC(=O)CN2C(=O)S/C(=C/c3ccc(OC(C)=O)cc3)C2=O)cc1. The number of benzene rings is 2. The molecule has 1 fully saturated rings. The molecule has 30 heavy (non-hydrogen) atoms. The lowest BCUT2D eigenvalue weighted by molar-refractivity contribution is -0.131. The maximum atomic E-state index is 12.6. The number of anilines is 1. The maximum Gasteiger partial charge on any atom is 0.308 e. The summed E-state index contributed by atoms with van der Waals surface area (Å²) in [6, 6.07) is 13.9. The zero-order chi connectivity index (χ0) is 21.7. The van der Waals surface area contributed by atoms with Crippen LogP contribution < -0.4 is 10.1 Å². The van der Waals surface area contributed by atoms with Crippen molar-refractivity contribution in [2.45, 2.75) is 20.3 Å². The Morgan fingerprint density at radius 2 is 1.73 bits per heavy atom. The summed E-state index contributed by atoms with van der Waals surface area (Å²) >= 11 is 0.778. The van der Waals surface area contributed by atoms with Gasteiger partial charge in [-0.15, -0.1) is 0 Å². The first-order valence-corrected chi connectivity index (χ1v) is 10.1. The average molecular weight is 424 g/mol. The number of carbonyl (C=O) groups is 4. The number of carbonyl (C=O) groups excluding carboxylic acids is 4. The quantitative estimate of drug-likeness (QED) is 0.430. The molecule has 154 valence electrons. The molecular formula is C22H20N2O5S. The van der Waals surface area contributed by atoms with Crippen LogP contribution in [0.3, 0.4) is 0 Å².